The van der Waals surface area contributed by atoms with Crippen molar-refractivity contribution >= 4 is 17.9 Å². The summed E-state index contributed by atoms with van der Waals surface area (Å²) in [5, 5.41) is 3.76. The summed E-state index contributed by atoms with van der Waals surface area (Å²) in [7, 11) is 0. The molecule has 8 heteroatoms. The molecule has 0 radical (unpaired) electrons. The van der Waals surface area contributed by atoms with E-state index in [1.807, 2.05) is 26.0 Å². The number of benzene rings is 1. The number of aryl methyl sites for hydroxylation is 1. The summed E-state index contributed by atoms with van der Waals surface area (Å²) < 4.78 is 16.7. The highest BCUT2D eigenvalue weighted by Gasteiger charge is 2.26. The van der Waals surface area contributed by atoms with E-state index in [1.165, 1.54) is 0 Å². The number of hydrogen-bond acceptors (Lipinski definition) is 6. The Balaban J connectivity index is 1.39. The molecule has 164 valence electrons. The molecule has 2 aliphatic heterocycles. The van der Waals surface area contributed by atoms with Crippen LogP contribution in [0, 0.1) is 6.92 Å². The Bertz CT molecular complexity index is 1000. The summed E-state index contributed by atoms with van der Waals surface area (Å²) in [6.07, 6.45) is 4.33. The maximum atomic E-state index is 12.7. The molecule has 0 aliphatic carbocycles. The van der Waals surface area contributed by atoms with Crippen molar-refractivity contribution in [2.45, 2.75) is 33.3 Å². The van der Waals surface area contributed by atoms with Crippen LogP contribution >= 0.6 is 0 Å². The van der Waals surface area contributed by atoms with E-state index in [2.05, 4.69) is 5.16 Å². The van der Waals surface area contributed by atoms with Crippen molar-refractivity contribution in [3.05, 3.63) is 46.9 Å². The maximum Gasteiger partial charge on any atom is 0.292 e. The van der Waals surface area contributed by atoms with Crippen molar-refractivity contribution in [1.29, 1.82) is 0 Å². The predicted molar refractivity (Wildman–Crippen MR) is 114 cm³/mol. The van der Waals surface area contributed by atoms with Crippen LogP contribution in [0.3, 0.4) is 0 Å². The van der Waals surface area contributed by atoms with Gasteiger partial charge >= 0.3 is 0 Å². The second kappa shape index (κ2) is 8.83. The van der Waals surface area contributed by atoms with Crippen molar-refractivity contribution in [2.24, 2.45) is 0 Å². The van der Waals surface area contributed by atoms with Gasteiger partial charge in [-0.3, -0.25) is 9.59 Å². The summed E-state index contributed by atoms with van der Waals surface area (Å²) in [6.45, 7) is 8.12. The van der Waals surface area contributed by atoms with E-state index in [0.29, 0.717) is 38.5 Å². The van der Waals surface area contributed by atoms with Crippen molar-refractivity contribution < 1.29 is 23.6 Å². The molecule has 3 heterocycles. The predicted octanol–water partition coefficient (Wildman–Crippen LogP) is 2.70. The molecule has 8 nitrogen and oxygen atoms in total. The molecular weight excluding hydrogens is 398 g/mol. The normalized spacial score (nSPS) is 18.2. The number of carbonyl (C=O) groups excluding carboxylic acids is 2. The SMILES string of the molecule is CCOc1cc2c(cc1/C=C/C(=O)N1CCN(C(=O)c3cc(C)no3)CC1)OC(C)C2. The van der Waals surface area contributed by atoms with Gasteiger partial charge in [0.1, 0.15) is 17.6 Å². The molecule has 2 amide bonds. The molecule has 2 aromatic rings. The quantitative estimate of drug-likeness (QED) is 0.685. The number of carbonyl (C=O) groups is 2. The first-order valence-electron chi connectivity index (χ1n) is 10.6. The van der Waals surface area contributed by atoms with Gasteiger partial charge in [-0.1, -0.05) is 5.16 Å². The van der Waals surface area contributed by atoms with Crippen LogP contribution in [0.5, 0.6) is 11.5 Å². The van der Waals surface area contributed by atoms with Gasteiger partial charge in [-0.15, -0.1) is 0 Å². The highest BCUT2D eigenvalue weighted by Crippen LogP contribution is 2.35. The number of amides is 2. The van der Waals surface area contributed by atoms with Crippen LogP contribution in [0.1, 0.15) is 41.2 Å². The Hall–Kier alpha value is -3.29. The Labute approximate surface area is 181 Å². The first-order chi connectivity index (χ1) is 14.9. The zero-order valence-corrected chi connectivity index (χ0v) is 18.1. The Kier molecular flexibility index (Phi) is 5.97. The number of ether oxygens (including phenoxy) is 2. The molecule has 0 bridgehead atoms. The third-order valence-electron chi connectivity index (χ3n) is 5.45. The van der Waals surface area contributed by atoms with Gasteiger partial charge in [0, 0.05) is 55.9 Å². The smallest absolute Gasteiger partial charge is 0.292 e. The van der Waals surface area contributed by atoms with Gasteiger partial charge in [-0.05, 0) is 39.0 Å². The third kappa shape index (κ3) is 4.57. The van der Waals surface area contributed by atoms with Crippen LogP contribution in [0.15, 0.2) is 28.8 Å². The highest BCUT2D eigenvalue weighted by molar-refractivity contribution is 5.93. The lowest BCUT2D eigenvalue weighted by Gasteiger charge is -2.33. The van der Waals surface area contributed by atoms with Crippen molar-refractivity contribution in [1.82, 2.24) is 15.0 Å². The molecule has 1 aromatic carbocycles. The molecule has 0 spiro atoms. The van der Waals surface area contributed by atoms with E-state index < -0.39 is 0 Å². The fourth-order valence-corrected chi connectivity index (χ4v) is 3.88. The van der Waals surface area contributed by atoms with E-state index in [-0.39, 0.29) is 23.7 Å². The minimum Gasteiger partial charge on any atom is -0.493 e. The lowest BCUT2D eigenvalue weighted by molar-refractivity contribution is -0.127. The largest absolute Gasteiger partial charge is 0.493 e. The summed E-state index contributed by atoms with van der Waals surface area (Å²) >= 11 is 0. The molecule has 1 unspecified atom stereocenters. The van der Waals surface area contributed by atoms with E-state index in [4.69, 9.17) is 14.0 Å². The Morgan fingerprint density at radius 3 is 2.61 bits per heavy atom. The van der Waals surface area contributed by atoms with Crippen molar-refractivity contribution in [2.75, 3.05) is 32.8 Å². The fraction of sp³-hybridized carbons (Fsp3) is 0.435. The Morgan fingerprint density at radius 1 is 1.19 bits per heavy atom. The lowest BCUT2D eigenvalue weighted by Crippen LogP contribution is -2.50. The molecule has 1 atom stereocenters. The molecular formula is C23H27N3O5. The van der Waals surface area contributed by atoms with Gasteiger partial charge in [-0.25, -0.2) is 0 Å². The van der Waals surface area contributed by atoms with Crippen LogP contribution in [0.2, 0.25) is 0 Å². The molecule has 4 rings (SSSR count). The molecule has 2 aliphatic rings. The third-order valence-corrected chi connectivity index (χ3v) is 5.45. The van der Waals surface area contributed by atoms with Gasteiger partial charge in [-0.2, -0.15) is 0 Å². The maximum absolute atomic E-state index is 12.7. The van der Waals surface area contributed by atoms with Gasteiger partial charge in [0.15, 0.2) is 0 Å². The van der Waals surface area contributed by atoms with Crippen LogP contribution in [0.4, 0.5) is 0 Å². The molecule has 1 fully saturated rings. The van der Waals surface area contributed by atoms with Gasteiger partial charge in [0.2, 0.25) is 11.7 Å². The fourth-order valence-electron chi connectivity index (χ4n) is 3.88. The topological polar surface area (TPSA) is 85.1 Å². The summed E-state index contributed by atoms with van der Waals surface area (Å²) in [5.74, 6) is 1.53. The van der Waals surface area contributed by atoms with E-state index >= 15 is 0 Å². The van der Waals surface area contributed by atoms with Crippen LogP contribution in [-0.4, -0.2) is 65.7 Å². The summed E-state index contributed by atoms with van der Waals surface area (Å²) in [6, 6.07) is 5.56. The molecule has 1 saturated heterocycles. The molecule has 0 N–H and O–H groups in total. The number of rotatable bonds is 5. The molecule has 0 saturated carbocycles. The van der Waals surface area contributed by atoms with Gasteiger partial charge in [0.25, 0.3) is 5.91 Å². The molecule has 31 heavy (non-hydrogen) atoms. The van der Waals surface area contributed by atoms with Crippen molar-refractivity contribution in [3.8, 4) is 11.5 Å². The minimum atomic E-state index is -0.197. The second-order valence-electron chi connectivity index (χ2n) is 7.85. The first-order valence-corrected chi connectivity index (χ1v) is 10.6. The number of piperazine rings is 1. The number of fused-ring (bicyclic) bond motifs is 1. The van der Waals surface area contributed by atoms with Crippen LogP contribution in [0.25, 0.3) is 6.08 Å². The minimum absolute atomic E-state index is 0.0974. The van der Waals surface area contributed by atoms with Gasteiger partial charge < -0.3 is 23.8 Å². The average Bonchev–Trinajstić information content (AvgIpc) is 3.35. The highest BCUT2D eigenvalue weighted by atomic mass is 16.5. The zero-order valence-electron chi connectivity index (χ0n) is 18.1. The van der Waals surface area contributed by atoms with E-state index in [0.717, 1.165) is 29.0 Å². The zero-order chi connectivity index (χ0) is 22.0. The Morgan fingerprint density at radius 2 is 1.94 bits per heavy atom. The summed E-state index contributed by atoms with van der Waals surface area (Å²) in [5.41, 5.74) is 2.61. The summed E-state index contributed by atoms with van der Waals surface area (Å²) in [4.78, 5) is 28.6. The average molecular weight is 425 g/mol. The lowest BCUT2D eigenvalue weighted by atomic mass is 10.1. The number of hydrogen-bond donors (Lipinski definition) is 0. The number of nitrogens with zero attached hydrogens (tertiary/aromatic N) is 3. The van der Waals surface area contributed by atoms with E-state index in [1.54, 1.807) is 34.9 Å². The first kappa shape index (κ1) is 21.0. The number of aromatic nitrogens is 1. The van der Waals surface area contributed by atoms with Crippen LogP contribution < -0.4 is 9.47 Å². The van der Waals surface area contributed by atoms with Crippen LogP contribution in [-0.2, 0) is 11.2 Å². The van der Waals surface area contributed by atoms with Gasteiger partial charge in [0.05, 0.1) is 12.3 Å². The molecule has 1 aromatic heterocycles. The second-order valence-corrected chi connectivity index (χ2v) is 7.85. The van der Waals surface area contributed by atoms with E-state index in [9.17, 15) is 9.59 Å². The standard InChI is InChI=1S/C23H27N3O5/c1-4-29-19-14-18-12-16(3)30-20(18)13-17(19)5-6-22(27)25-7-9-26(10-8-25)23(28)21-11-15(2)24-31-21/h5-6,11,13-14,16H,4,7-10,12H2,1-3H3/b6-5+. The van der Waals surface area contributed by atoms with Crippen molar-refractivity contribution in [3.63, 3.8) is 0 Å². The monoisotopic (exact) mass is 425 g/mol.